The number of aryl methyl sites for hydroxylation is 1. The van der Waals surface area contributed by atoms with Crippen LogP contribution in [0.15, 0.2) is 59.6 Å². The fourth-order valence-electron chi connectivity index (χ4n) is 6.44. The molecule has 2 aromatic carbocycles. The van der Waals surface area contributed by atoms with Gasteiger partial charge in [-0.3, -0.25) is 29.0 Å². The van der Waals surface area contributed by atoms with Crippen molar-refractivity contribution in [1.29, 1.82) is 0 Å². The lowest BCUT2D eigenvalue weighted by molar-refractivity contribution is -0.142. The molecule has 7 amide bonds. The third-order valence-corrected chi connectivity index (χ3v) is 10.8. The number of aliphatic imine (C=N–C) groups is 1. The van der Waals surface area contributed by atoms with E-state index in [1.807, 2.05) is 36.6 Å². The van der Waals surface area contributed by atoms with E-state index in [0.29, 0.717) is 25.0 Å². The number of carboxylic acids is 1. The van der Waals surface area contributed by atoms with Crippen LogP contribution in [0.25, 0.3) is 0 Å². The molecule has 20 heteroatoms. The number of nitrogens with zero attached hydrogens (tertiary/aromatic N) is 2. The minimum Gasteiger partial charge on any atom is -0.508 e. The van der Waals surface area contributed by atoms with Gasteiger partial charge in [-0.15, -0.1) is 0 Å². The molecule has 3 rings (SSSR count). The van der Waals surface area contributed by atoms with Crippen molar-refractivity contribution >= 4 is 59.3 Å². The Bertz CT molecular complexity index is 1810. The number of nitrogens with two attached hydrogens (primary N) is 2. The van der Waals surface area contributed by atoms with E-state index in [2.05, 4.69) is 36.9 Å². The lowest BCUT2D eigenvalue weighted by Gasteiger charge is -2.31. The predicted molar refractivity (Wildman–Crippen MR) is 231 cm³/mol. The zero-order valence-corrected chi connectivity index (χ0v) is 35.7. The quantitative estimate of drug-likeness (QED) is 0.0648. The summed E-state index contributed by atoms with van der Waals surface area (Å²) >= 11 is 1.42. The van der Waals surface area contributed by atoms with Gasteiger partial charge in [-0.25, -0.2) is 9.59 Å². The molecule has 6 atom stereocenters. The number of carbonyl (C=O) groups is 7. The van der Waals surface area contributed by atoms with Crippen LogP contribution >= 0.6 is 11.8 Å². The highest BCUT2D eigenvalue weighted by Gasteiger charge is 2.34. The van der Waals surface area contributed by atoms with Crippen molar-refractivity contribution in [2.45, 2.75) is 101 Å². The lowest BCUT2D eigenvalue weighted by Crippen LogP contribution is -2.59. The number of amides is 7. The zero-order chi connectivity index (χ0) is 44.9. The summed E-state index contributed by atoms with van der Waals surface area (Å²) in [7, 11) is 1.42. The second kappa shape index (κ2) is 25.5. The van der Waals surface area contributed by atoms with Gasteiger partial charge < -0.3 is 58.5 Å². The number of hydrogen-bond acceptors (Lipinski definition) is 10. The molecule has 0 unspecified atom stereocenters. The Morgan fingerprint density at radius 1 is 0.885 bits per heavy atom. The average Bonchev–Trinajstić information content (AvgIpc) is 3.23. The number of carbonyl (C=O) groups excluding carboxylic acids is 6. The summed E-state index contributed by atoms with van der Waals surface area (Å²) < 4.78 is 0. The van der Waals surface area contributed by atoms with E-state index in [1.165, 1.54) is 42.8 Å². The molecular formula is C41H60N10O9S. The zero-order valence-electron chi connectivity index (χ0n) is 34.9. The highest BCUT2D eigenvalue weighted by Crippen LogP contribution is 2.15. The van der Waals surface area contributed by atoms with Crippen LogP contribution in [0.3, 0.4) is 0 Å². The molecule has 61 heavy (non-hydrogen) atoms. The molecule has 12 N–H and O–H groups in total. The number of phenolic OH excluding ortho intramolecular Hbond substituents is 1. The molecule has 0 bridgehead atoms. The van der Waals surface area contributed by atoms with Crippen molar-refractivity contribution in [3.63, 3.8) is 0 Å². The summed E-state index contributed by atoms with van der Waals surface area (Å²) in [6, 6.07) is 7.48. The van der Waals surface area contributed by atoms with Crippen molar-refractivity contribution in [1.82, 2.24) is 36.8 Å². The number of hydrogen-bond donors (Lipinski definition) is 10. The molecule has 1 aliphatic heterocycles. The summed E-state index contributed by atoms with van der Waals surface area (Å²) in [4.78, 5) is 99.8. The number of phenols is 1. The minimum absolute atomic E-state index is 0.0145. The van der Waals surface area contributed by atoms with Gasteiger partial charge in [0.15, 0.2) is 5.96 Å². The summed E-state index contributed by atoms with van der Waals surface area (Å²) in [5.74, 6) is -4.06. The molecule has 0 radical (unpaired) electrons. The van der Waals surface area contributed by atoms with Gasteiger partial charge in [0, 0.05) is 26.6 Å². The number of urea groups is 1. The Morgan fingerprint density at radius 2 is 1.56 bits per heavy atom. The van der Waals surface area contributed by atoms with Gasteiger partial charge in [0.25, 0.3) is 0 Å². The Hall–Kier alpha value is -6.05. The highest BCUT2D eigenvalue weighted by molar-refractivity contribution is 7.98. The first-order valence-corrected chi connectivity index (χ1v) is 21.6. The Kier molecular flexibility index (Phi) is 20.7. The van der Waals surface area contributed by atoms with E-state index in [0.717, 1.165) is 11.1 Å². The van der Waals surface area contributed by atoms with Crippen LogP contribution < -0.4 is 43.4 Å². The maximum Gasteiger partial charge on any atom is 0.326 e. The first-order valence-electron chi connectivity index (χ1n) is 20.2. The monoisotopic (exact) mass is 868 g/mol. The Balaban J connectivity index is 1.96. The first-order chi connectivity index (χ1) is 29.1. The number of nitrogens with one attached hydrogen (secondary N) is 6. The van der Waals surface area contributed by atoms with Gasteiger partial charge in [0.2, 0.25) is 29.5 Å². The lowest BCUT2D eigenvalue weighted by atomic mass is 10.0. The minimum atomic E-state index is -1.34. The first kappa shape index (κ1) is 49.3. The number of guanidine groups is 1. The molecule has 0 aliphatic carbocycles. The van der Waals surface area contributed by atoms with Crippen molar-refractivity contribution < 1.29 is 43.8 Å². The molecule has 1 heterocycles. The third kappa shape index (κ3) is 17.2. The molecule has 0 saturated carbocycles. The number of rotatable bonds is 15. The van der Waals surface area contributed by atoms with Crippen LogP contribution in [0, 0.1) is 0 Å². The molecule has 334 valence electrons. The van der Waals surface area contributed by atoms with E-state index in [1.54, 1.807) is 12.1 Å². The van der Waals surface area contributed by atoms with Gasteiger partial charge in [-0.2, -0.15) is 11.8 Å². The van der Waals surface area contributed by atoms with Crippen molar-refractivity contribution in [2.75, 3.05) is 32.1 Å². The number of thioether (sulfide) groups is 1. The summed E-state index contributed by atoms with van der Waals surface area (Å²) in [5, 5.41) is 35.7. The van der Waals surface area contributed by atoms with E-state index < -0.39 is 77.8 Å². The molecular weight excluding hydrogens is 809 g/mol. The normalized spacial score (nSPS) is 21.5. The van der Waals surface area contributed by atoms with Crippen LogP contribution in [-0.4, -0.2) is 131 Å². The van der Waals surface area contributed by atoms with Crippen LogP contribution in [0.1, 0.15) is 63.0 Å². The Morgan fingerprint density at radius 3 is 2.21 bits per heavy atom. The molecule has 2 aromatic rings. The second-order valence-corrected chi connectivity index (χ2v) is 15.8. The number of likely N-dealkylation sites (N-methyl/N-ethyl adjacent to an activating group) is 1. The maximum atomic E-state index is 14.2. The molecule has 0 aromatic heterocycles. The summed E-state index contributed by atoms with van der Waals surface area (Å²) in [6.45, 7) is 1.80. The fraction of sp³-hybridized carbons (Fsp3) is 0.512. The smallest absolute Gasteiger partial charge is 0.326 e. The van der Waals surface area contributed by atoms with Gasteiger partial charge in [-0.1, -0.05) is 42.5 Å². The molecule has 0 spiro atoms. The van der Waals surface area contributed by atoms with Crippen LogP contribution in [-0.2, 0) is 41.6 Å². The number of aromatic hydroxyl groups is 1. The van der Waals surface area contributed by atoms with Gasteiger partial charge in [0.1, 0.15) is 42.0 Å². The SMILES string of the molecule is CSCC[C@@H]1NC(=O)[C@H](NC(=O)N[C@H](CCCN=C(N)N)C(=O)O)CCCCNC(=O)[C@H](Cc2ccccc2)NC(=O)[C@H](C)N(C)C(=O)[C@H](CCc2ccc(O)cc2)NC1=O. The number of carboxylic acid groups (broad SMARTS) is 1. The highest BCUT2D eigenvalue weighted by atomic mass is 32.2. The van der Waals surface area contributed by atoms with Gasteiger partial charge in [0.05, 0.1) is 0 Å². The largest absolute Gasteiger partial charge is 0.508 e. The van der Waals surface area contributed by atoms with E-state index in [4.69, 9.17) is 11.5 Å². The predicted octanol–water partition coefficient (Wildman–Crippen LogP) is 0.0966. The van der Waals surface area contributed by atoms with Gasteiger partial charge >= 0.3 is 12.0 Å². The van der Waals surface area contributed by atoms with Crippen molar-refractivity contribution in [2.24, 2.45) is 16.5 Å². The van der Waals surface area contributed by atoms with Crippen LogP contribution in [0.4, 0.5) is 4.79 Å². The number of benzene rings is 2. The average molecular weight is 869 g/mol. The van der Waals surface area contributed by atoms with Crippen molar-refractivity contribution in [3.8, 4) is 5.75 Å². The van der Waals surface area contributed by atoms with Crippen molar-refractivity contribution in [3.05, 3.63) is 65.7 Å². The summed E-state index contributed by atoms with van der Waals surface area (Å²) in [6.07, 6.45) is 3.40. The maximum absolute atomic E-state index is 14.2. The summed E-state index contributed by atoms with van der Waals surface area (Å²) in [5.41, 5.74) is 12.2. The van der Waals surface area contributed by atoms with E-state index in [-0.39, 0.29) is 63.3 Å². The molecule has 1 aliphatic rings. The van der Waals surface area contributed by atoms with Crippen LogP contribution in [0.2, 0.25) is 0 Å². The van der Waals surface area contributed by atoms with E-state index in [9.17, 15) is 43.8 Å². The molecule has 19 nitrogen and oxygen atoms in total. The topological polar surface area (TPSA) is 300 Å². The van der Waals surface area contributed by atoms with Crippen LogP contribution in [0.5, 0.6) is 5.75 Å². The van der Waals surface area contributed by atoms with E-state index >= 15 is 0 Å². The standard InChI is InChI=1S/C41H60N10O9S/c1-25-34(53)48-33(24-27-10-5-4-6-11-27)35(54)44-21-8-7-12-29(49-41(60)50-32(39(58)59)13-9-22-45-40(42)43)36(55)46-30(20-23-61-3)37(56)47-31(38(57)51(25)2)19-16-26-14-17-28(52)18-15-26/h4-6,10-11,14-15,17-18,25,29-33,52H,7-9,12-13,16,19-24H2,1-3H3,(H,44,54)(H,46,55)(H,47,56)(H,48,53)(H,58,59)(H4,42,43,45)(H2,49,50,60)/t25-,29+,30-,31-,32+,33-/m0/s1. The molecule has 1 saturated heterocycles. The Labute approximate surface area is 360 Å². The van der Waals surface area contributed by atoms with Gasteiger partial charge in [-0.05, 0) is 93.6 Å². The third-order valence-electron chi connectivity index (χ3n) is 10.1. The number of aliphatic carboxylic acids is 1. The molecule has 1 fully saturated rings. The second-order valence-electron chi connectivity index (χ2n) is 14.8. The fourth-order valence-corrected chi connectivity index (χ4v) is 6.91.